The summed E-state index contributed by atoms with van der Waals surface area (Å²) in [6.07, 6.45) is 4.89. The van der Waals surface area contributed by atoms with Gasteiger partial charge in [0.15, 0.2) is 5.82 Å². The van der Waals surface area contributed by atoms with Gasteiger partial charge >= 0.3 is 0 Å². The molecule has 4 heterocycles. The van der Waals surface area contributed by atoms with E-state index in [1.165, 1.54) is 6.07 Å². The number of hydrogen-bond donors (Lipinski definition) is 2. The Bertz CT molecular complexity index is 1300. The molecule has 5 rings (SSSR count). The van der Waals surface area contributed by atoms with Crippen LogP contribution in [0.4, 0.5) is 10.3 Å². The van der Waals surface area contributed by atoms with Crippen LogP contribution in [0.5, 0.6) is 5.75 Å². The van der Waals surface area contributed by atoms with E-state index in [0.717, 1.165) is 19.6 Å². The van der Waals surface area contributed by atoms with Crippen LogP contribution >= 0.6 is 0 Å². The molecule has 0 aliphatic carbocycles. The van der Waals surface area contributed by atoms with E-state index in [2.05, 4.69) is 49.3 Å². The third-order valence-corrected chi connectivity index (χ3v) is 5.96. The standard InChI is InChI=1S/C23H25FN8O/c1-13(2)19-12-32(5-4-25-19)23-27-10-18(28-29-23)22-20(33)8-15(9-26-22)14-6-16-11-31(3)30-21(16)17(24)7-14/h6-11,13,19,25,33H,4-5,12H2,1-3H3. The van der Waals surface area contributed by atoms with E-state index in [4.69, 9.17) is 0 Å². The SMILES string of the molecule is CC(C)C1CN(c2ncc(-c3ncc(-c4cc(F)c5nn(C)cc5c4)cc3O)nn2)CCN1. The number of anilines is 1. The van der Waals surface area contributed by atoms with E-state index in [-0.39, 0.29) is 11.4 Å². The molecule has 0 spiro atoms. The molecule has 0 amide bonds. The summed E-state index contributed by atoms with van der Waals surface area (Å²) >= 11 is 0. The van der Waals surface area contributed by atoms with E-state index in [9.17, 15) is 9.50 Å². The Morgan fingerprint density at radius 2 is 1.97 bits per heavy atom. The lowest BCUT2D eigenvalue weighted by Gasteiger charge is -2.35. The highest BCUT2D eigenvalue weighted by molar-refractivity contribution is 5.85. The van der Waals surface area contributed by atoms with Gasteiger partial charge in [0.1, 0.15) is 22.7 Å². The zero-order chi connectivity index (χ0) is 23.1. The molecule has 9 nitrogen and oxygen atoms in total. The average molecular weight is 449 g/mol. The molecule has 0 radical (unpaired) electrons. The van der Waals surface area contributed by atoms with Crippen molar-refractivity contribution in [2.45, 2.75) is 19.9 Å². The average Bonchev–Trinajstić information content (AvgIpc) is 3.20. The van der Waals surface area contributed by atoms with Crippen molar-refractivity contribution >= 4 is 16.9 Å². The van der Waals surface area contributed by atoms with E-state index in [1.54, 1.807) is 36.4 Å². The van der Waals surface area contributed by atoms with Crippen molar-refractivity contribution in [1.29, 1.82) is 0 Å². The fourth-order valence-electron chi connectivity index (χ4n) is 4.12. The van der Waals surface area contributed by atoms with Crippen LogP contribution < -0.4 is 10.2 Å². The largest absolute Gasteiger partial charge is 0.506 e. The summed E-state index contributed by atoms with van der Waals surface area (Å²) in [5.41, 5.74) is 2.13. The summed E-state index contributed by atoms with van der Waals surface area (Å²) in [5.74, 6) is 0.560. The van der Waals surface area contributed by atoms with E-state index < -0.39 is 5.82 Å². The first-order chi connectivity index (χ1) is 15.9. The highest BCUT2D eigenvalue weighted by atomic mass is 19.1. The maximum atomic E-state index is 14.5. The number of hydrogen-bond acceptors (Lipinski definition) is 8. The molecule has 1 aliphatic heterocycles. The first-order valence-electron chi connectivity index (χ1n) is 10.9. The number of nitrogens with zero attached hydrogens (tertiary/aromatic N) is 7. The van der Waals surface area contributed by atoms with Crippen LogP contribution in [-0.2, 0) is 7.05 Å². The topological polar surface area (TPSA) is 105 Å². The van der Waals surface area contributed by atoms with Crippen molar-refractivity contribution in [3.8, 4) is 28.3 Å². The maximum absolute atomic E-state index is 14.5. The number of piperazine rings is 1. The molecule has 1 aromatic carbocycles. The summed E-state index contributed by atoms with van der Waals surface area (Å²) in [6, 6.07) is 5.11. The fraction of sp³-hybridized carbons (Fsp3) is 0.348. The van der Waals surface area contributed by atoms with Gasteiger partial charge in [0.2, 0.25) is 5.95 Å². The molecule has 10 heteroatoms. The molecule has 3 aromatic heterocycles. The van der Waals surface area contributed by atoms with Crippen molar-refractivity contribution in [3.63, 3.8) is 0 Å². The van der Waals surface area contributed by atoms with Crippen molar-refractivity contribution in [2.75, 3.05) is 24.5 Å². The molecule has 1 unspecified atom stereocenters. The van der Waals surface area contributed by atoms with Gasteiger partial charge in [0.05, 0.1) is 6.20 Å². The second kappa shape index (κ2) is 8.36. The fourth-order valence-corrected chi connectivity index (χ4v) is 4.12. The molecule has 33 heavy (non-hydrogen) atoms. The number of pyridine rings is 1. The van der Waals surface area contributed by atoms with Gasteiger partial charge in [-0.05, 0) is 29.7 Å². The molecular formula is C23H25FN8O. The van der Waals surface area contributed by atoms with Crippen LogP contribution in [0.1, 0.15) is 13.8 Å². The lowest BCUT2D eigenvalue weighted by Crippen LogP contribution is -2.53. The van der Waals surface area contributed by atoms with Gasteiger partial charge in [-0.1, -0.05) is 13.8 Å². The van der Waals surface area contributed by atoms with Crippen molar-refractivity contribution in [3.05, 3.63) is 42.6 Å². The summed E-state index contributed by atoms with van der Waals surface area (Å²) in [6.45, 7) is 6.85. The molecule has 2 N–H and O–H groups in total. The monoisotopic (exact) mass is 448 g/mol. The molecule has 4 aromatic rings. The van der Waals surface area contributed by atoms with E-state index in [0.29, 0.717) is 45.6 Å². The summed E-state index contributed by atoms with van der Waals surface area (Å²) in [7, 11) is 1.74. The number of halogens is 1. The van der Waals surface area contributed by atoms with Crippen LogP contribution in [0.2, 0.25) is 0 Å². The lowest BCUT2D eigenvalue weighted by atomic mass is 10.0. The molecular weight excluding hydrogens is 423 g/mol. The number of nitrogens with one attached hydrogen (secondary N) is 1. The number of rotatable bonds is 4. The second-order valence-corrected chi connectivity index (χ2v) is 8.68. The summed E-state index contributed by atoms with van der Waals surface area (Å²) < 4.78 is 16.0. The van der Waals surface area contributed by atoms with Gasteiger partial charge < -0.3 is 15.3 Å². The molecule has 0 bridgehead atoms. The number of benzene rings is 1. The van der Waals surface area contributed by atoms with Gasteiger partial charge in [-0.15, -0.1) is 10.2 Å². The zero-order valence-electron chi connectivity index (χ0n) is 18.7. The highest BCUT2D eigenvalue weighted by Crippen LogP contribution is 2.32. The van der Waals surface area contributed by atoms with Crippen LogP contribution in [0.15, 0.2) is 36.8 Å². The molecule has 1 saturated heterocycles. The molecule has 170 valence electrons. The van der Waals surface area contributed by atoms with Gasteiger partial charge in [0.25, 0.3) is 0 Å². The predicted octanol–water partition coefficient (Wildman–Crippen LogP) is 2.77. The summed E-state index contributed by atoms with van der Waals surface area (Å²) in [4.78, 5) is 10.9. The smallest absolute Gasteiger partial charge is 0.245 e. The minimum Gasteiger partial charge on any atom is -0.506 e. The zero-order valence-corrected chi connectivity index (χ0v) is 18.7. The minimum absolute atomic E-state index is 0.0786. The Balaban J connectivity index is 1.40. The first kappa shape index (κ1) is 21.2. The Hall–Kier alpha value is -3.66. The van der Waals surface area contributed by atoms with Crippen molar-refractivity contribution < 1.29 is 9.50 Å². The molecule has 1 atom stereocenters. The Morgan fingerprint density at radius 1 is 1.12 bits per heavy atom. The molecule has 0 saturated carbocycles. The third kappa shape index (κ3) is 4.09. The summed E-state index contributed by atoms with van der Waals surface area (Å²) in [5, 5.41) is 27.4. The normalized spacial score (nSPS) is 16.6. The van der Waals surface area contributed by atoms with Crippen LogP contribution in [-0.4, -0.2) is 60.7 Å². The van der Waals surface area contributed by atoms with Gasteiger partial charge in [0, 0.05) is 56.1 Å². The second-order valence-electron chi connectivity index (χ2n) is 8.68. The van der Waals surface area contributed by atoms with E-state index in [1.807, 2.05) is 6.07 Å². The lowest BCUT2D eigenvalue weighted by molar-refractivity contribution is 0.365. The molecule has 1 fully saturated rings. The number of fused-ring (bicyclic) bond motifs is 1. The first-order valence-corrected chi connectivity index (χ1v) is 10.9. The number of aryl methyl sites for hydroxylation is 1. The van der Waals surface area contributed by atoms with Crippen LogP contribution in [0.25, 0.3) is 33.4 Å². The maximum Gasteiger partial charge on any atom is 0.245 e. The van der Waals surface area contributed by atoms with Gasteiger partial charge in [-0.3, -0.25) is 4.68 Å². The number of aromatic nitrogens is 6. The number of aromatic hydroxyl groups is 1. The minimum atomic E-state index is -0.426. The third-order valence-electron chi connectivity index (χ3n) is 5.96. The van der Waals surface area contributed by atoms with Gasteiger partial charge in [-0.2, -0.15) is 5.10 Å². The quantitative estimate of drug-likeness (QED) is 0.491. The highest BCUT2D eigenvalue weighted by Gasteiger charge is 2.24. The molecule has 1 aliphatic rings. The predicted molar refractivity (Wildman–Crippen MR) is 123 cm³/mol. The van der Waals surface area contributed by atoms with Gasteiger partial charge in [-0.25, -0.2) is 14.4 Å². The van der Waals surface area contributed by atoms with Crippen molar-refractivity contribution in [1.82, 2.24) is 35.3 Å². The van der Waals surface area contributed by atoms with Crippen LogP contribution in [0, 0.1) is 11.7 Å². The van der Waals surface area contributed by atoms with Crippen LogP contribution in [0.3, 0.4) is 0 Å². The Labute approximate surface area is 190 Å². The Kier molecular flexibility index (Phi) is 5.37. The Morgan fingerprint density at radius 3 is 2.70 bits per heavy atom. The van der Waals surface area contributed by atoms with Crippen molar-refractivity contribution in [2.24, 2.45) is 13.0 Å². The van der Waals surface area contributed by atoms with E-state index >= 15 is 0 Å².